The van der Waals surface area contributed by atoms with Crippen molar-refractivity contribution in [3.63, 3.8) is 0 Å². The molecule has 0 aromatic carbocycles. The second kappa shape index (κ2) is 13.6. The highest BCUT2D eigenvalue weighted by molar-refractivity contribution is 7.98. The van der Waals surface area contributed by atoms with Crippen molar-refractivity contribution in [1.82, 2.24) is 10.6 Å². The molecule has 0 aliphatic rings. The predicted molar refractivity (Wildman–Crippen MR) is 71.7 cm³/mol. The largest absolute Gasteiger partial charge is 0.315 e. The fourth-order valence-electron chi connectivity index (χ4n) is 1.11. The molecule has 86 valence electrons. The van der Waals surface area contributed by atoms with E-state index >= 15 is 0 Å². The van der Waals surface area contributed by atoms with E-state index in [9.17, 15) is 0 Å². The highest BCUT2D eigenvalue weighted by Crippen LogP contribution is 1.93. The van der Waals surface area contributed by atoms with Gasteiger partial charge < -0.3 is 10.6 Å². The second-order valence-corrected chi connectivity index (χ2v) is 5.16. The van der Waals surface area contributed by atoms with Crippen LogP contribution in [-0.2, 0) is 0 Å². The van der Waals surface area contributed by atoms with Crippen LogP contribution in [0.15, 0.2) is 0 Å². The number of hydrogen-bond donors (Lipinski definition) is 2. The molecule has 4 heteroatoms. The summed E-state index contributed by atoms with van der Waals surface area (Å²) in [5.41, 5.74) is 0. The Labute approximate surface area is 97.4 Å². The van der Waals surface area contributed by atoms with Crippen molar-refractivity contribution in [3.8, 4) is 0 Å². The number of thioether (sulfide) groups is 2. The molecule has 0 radical (unpaired) electrons. The van der Waals surface area contributed by atoms with E-state index in [4.69, 9.17) is 0 Å². The maximum absolute atomic E-state index is 3.43. The minimum absolute atomic E-state index is 1.10. The van der Waals surface area contributed by atoms with Gasteiger partial charge in [-0.3, -0.25) is 0 Å². The van der Waals surface area contributed by atoms with Crippen LogP contribution in [0.25, 0.3) is 0 Å². The van der Waals surface area contributed by atoms with Crippen LogP contribution in [0.2, 0.25) is 0 Å². The minimum atomic E-state index is 1.10. The SMILES string of the molecule is CSCCCNCCNCCCSC. The molecule has 0 bridgehead atoms. The monoisotopic (exact) mass is 236 g/mol. The highest BCUT2D eigenvalue weighted by atomic mass is 32.2. The van der Waals surface area contributed by atoms with Gasteiger partial charge in [0.15, 0.2) is 0 Å². The fraction of sp³-hybridized carbons (Fsp3) is 1.00. The molecule has 0 heterocycles. The Hall–Kier alpha value is 0.620. The summed E-state index contributed by atoms with van der Waals surface area (Å²) in [5, 5.41) is 6.86. The molecule has 0 fully saturated rings. The molecule has 0 saturated heterocycles. The molecule has 0 aliphatic heterocycles. The molecule has 0 amide bonds. The fourth-order valence-corrected chi connectivity index (χ4v) is 1.98. The van der Waals surface area contributed by atoms with Gasteiger partial charge in [-0.05, 0) is 49.9 Å². The van der Waals surface area contributed by atoms with Gasteiger partial charge in [0, 0.05) is 13.1 Å². The molecule has 0 atom stereocenters. The van der Waals surface area contributed by atoms with Crippen molar-refractivity contribution < 1.29 is 0 Å². The summed E-state index contributed by atoms with van der Waals surface area (Å²) >= 11 is 3.84. The van der Waals surface area contributed by atoms with Crippen LogP contribution >= 0.6 is 23.5 Å². The van der Waals surface area contributed by atoms with Crippen molar-refractivity contribution >= 4 is 23.5 Å². The molecule has 0 aromatic rings. The summed E-state index contributed by atoms with van der Waals surface area (Å²) < 4.78 is 0. The Morgan fingerprint density at radius 1 is 0.714 bits per heavy atom. The van der Waals surface area contributed by atoms with Gasteiger partial charge in [-0.15, -0.1) is 0 Å². The van der Waals surface area contributed by atoms with E-state index in [-0.39, 0.29) is 0 Å². The summed E-state index contributed by atoms with van der Waals surface area (Å²) in [5.74, 6) is 2.54. The van der Waals surface area contributed by atoms with Gasteiger partial charge >= 0.3 is 0 Å². The second-order valence-electron chi connectivity index (χ2n) is 3.19. The molecule has 0 unspecified atom stereocenters. The zero-order chi connectivity index (χ0) is 10.5. The average molecular weight is 236 g/mol. The van der Waals surface area contributed by atoms with E-state index in [0.29, 0.717) is 0 Å². The minimum Gasteiger partial charge on any atom is -0.315 e. The standard InChI is InChI=1S/C10H24N2S2/c1-13-9-3-5-11-7-8-12-6-4-10-14-2/h11-12H,3-10H2,1-2H3. The third-order valence-corrected chi connectivity index (χ3v) is 3.28. The molecule has 2 N–H and O–H groups in total. The number of nitrogens with one attached hydrogen (secondary N) is 2. The third-order valence-electron chi connectivity index (χ3n) is 1.88. The van der Waals surface area contributed by atoms with Crippen molar-refractivity contribution in [2.45, 2.75) is 12.8 Å². The summed E-state index contributed by atoms with van der Waals surface area (Å²) in [7, 11) is 0. The summed E-state index contributed by atoms with van der Waals surface area (Å²) in [6.45, 7) is 4.53. The first-order valence-electron chi connectivity index (χ1n) is 5.31. The molecule has 0 aromatic heterocycles. The van der Waals surface area contributed by atoms with Crippen LogP contribution < -0.4 is 10.6 Å². The van der Waals surface area contributed by atoms with Crippen LogP contribution in [0.5, 0.6) is 0 Å². The Bertz CT molecular complexity index is 90.1. The Kier molecular flexibility index (Phi) is 14.2. The quantitative estimate of drug-likeness (QED) is 0.533. The summed E-state index contributed by atoms with van der Waals surface area (Å²) in [6, 6.07) is 0. The molecule has 14 heavy (non-hydrogen) atoms. The normalized spacial score (nSPS) is 10.7. The van der Waals surface area contributed by atoms with Gasteiger partial charge in [0.1, 0.15) is 0 Å². The molecule has 2 nitrogen and oxygen atoms in total. The maximum atomic E-state index is 3.43. The first-order chi connectivity index (χ1) is 6.91. The molecule has 0 saturated carbocycles. The predicted octanol–water partition coefficient (Wildman–Crippen LogP) is 1.67. The van der Waals surface area contributed by atoms with Crippen LogP contribution in [0.1, 0.15) is 12.8 Å². The molecule has 0 rings (SSSR count). The van der Waals surface area contributed by atoms with Gasteiger partial charge in [0.25, 0.3) is 0 Å². The highest BCUT2D eigenvalue weighted by Gasteiger charge is 1.89. The zero-order valence-electron chi connectivity index (χ0n) is 9.47. The van der Waals surface area contributed by atoms with E-state index in [1.165, 1.54) is 24.3 Å². The van der Waals surface area contributed by atoms with E-state index < -0.39 is 0 Å². The molecular formula is C10H24N2S2. The Morgan fingerprint density at radius 2 is 1.14 bits per heavy atom. The van der Waals surface area contributed by atoms with E-state index in [1.807, 2.05) is 23.5 Å². The number of hydrogen-bond acceptors (Lipinski definition) is 4. The van der Waals surface area contributed by atoms with Crippen LogP contribution in [0.4, 0.5) is 0 Å². The first kappa shape index (κ1) is 14.6. The Morgan fingerprint density at radius 3 is 1.50 bits per heavy atom. The summed E-state index contributed by atoms with van der Waals surface area (Å²) in [4.78, 5) is 0. The molecule has 0 spiro atoms. The third kappa shape index (κ3) is 12.6. The van der Waals surface area contributed by atoms with E-state index in [0.717, 1.165) is 26.2 Å². The van der Waals surface area contributed by atoms with Crippen molar-refractivity contribution in [1.29, 1.82) is 0 Å². The average Bonchev–Trinajstić information content (AvgIpc) is 2.21. The van der Waals surface area contributed by atoms with Crippen LogP contribution in [0, 0.1) is 0 Å². The lowest BCUT2D eigenvalue weighted by molar-refractivity contribution is 0.605. The lowest BCUT2D eigenvalue weighted by atomic mass is 10.4. The van der Waals surface area contributed by atoms with Crippen molar-refractivity contribution in [3.05, 3.63) is 0 Å². The Balaban J connectivity index is 2.78. The lowest BCUT2D eigenvalue weighted by Gasteiger charge is -2.05. The van der Waals surface area contributed by atoms with Crippen molar-refractivity contribution in [2.75, 3.05) is 50.2 Å². The first-order valence-corrected chi connectivity index (χ1v) is 8.10. The van der Waals surface area contributed by atoms with Gasteiger partial charge in [0.2, 0.25) is 0 Å². The topological polar surface area (TPSA) is 24.1 Å². The maximum Gasteiger partial charge on any atom is 0.00767 e. The molecular weight excluding hydrogens is 212 g/mol. The smallest absolute Gasteiger partial charge is 0.00767 e. The number of rotatable bonds is 11. The van der Waals surface area contributed by atoms with Gasteiger partial charge in [-0.2, -0.15) is 23.5 Å². The van der Waals surface area contributed by atoms with Crippen LogP contribution in [0.3, 0.4) is 0 Å². The van der Waals surface area contributed by atoms with Crippen LogP contribution in [-0.4, -0.2) is 50.2 Å². The van der Waals surface area contributed by atoms with Crippen molar-refractivity contribution in [2.24, 2.45) is 0 Å². The van der Waals surface area contributed by atoms with Gasteiger partial charge in [0.05, 0.1) is 0 Å². The lowest BCUT2D eigenvalue weighted by Crippen LogP contribution is -2.28. The van der Waals surface area contributed by atoms with Gasteiger partial charge in [-0.1, -0.05) is 0 Å². The summed E-state index contributed by atoms with van der Waals surface area (Å²) in [6.07, 6.45) is 6.89. The zero-order valence-corrected chi connectivity index (χ0v) is 11.1. The molecule has 0 aliphatic carbocycles. The van der Waals surface area contributed by atoms with Gasteiger partial charge in [-0.25, -0.2) is 0 Å². The van der Waals surface area contributed by atoms with E-state index in [1.54, 1.807) is 0 Å². The van der Waals surface area contributed by atoms with E-state index in [2.05, 4.69) is 23.1 Å².